The van der Waals surface area contributed by atoms with E-state index in [2.05, 4.69) is 10.2 Å². The Labute approximate surface area is 165 Å². The standard InChI is InChI=1S/C20H29FN4O3/c1-28-14-13-23-10-7-16(15-23)22-20(27)25-9-4-8-24(11-12-25)19(26)17-5-2-3-6-18(17)21/h2-3,5-6,16H,4,7-15H2,1H3,(H,22,27). The van der Waals surface area contributed by atoms with E-state index in [4.69, 9.17) is 4.74 Å². The van der Waals surface area contributed by atoms with Crippen molar-refractivity contribution in [3.8, 4) is 0 Å². The zero-order chi connectivity index (χ0) is 19.9. The Hall–Kier alpha value is -2.19. The number of methoxy groups -OCH3 is 1. The quantitative estimate of drug-likeness (QED) is 0.823. The molecule has 3 rings (SSSR count). The summed E-state index contributed by atoms with van der Waals surface area (Å²) in [4.78, 5) is 30.9. The molecular weight excluding hydrogens is 363 g/mol. The van der Waals surface area contributed by atoms with Crippen molar-refractivity contribution in [1.29, 1.82) is 0 Å². The molecule has 2 fully saturated rings. The van der Waals surface area contributed by atoms with E-state index in [0.29, 0.717) is 39.2 Å². The second-order valence-electron chi connectivity index (χ2n) is 7.34. The van der Waals surface area contributed by atoms with E-state index in [1.165, 1.54) is 12.1 Å². The molecule has 0 aliphatic carbocycles. The summed E-state index contributed by atoms with van der Waals surface area (Å²) in [7, 11) is 1.69. The van der Waals surface area contributed by atoms with Crippen molar-refractivity contribution < 1.29 is 18.7 Å². The number of hydrogen-bond donors (Lipinski definition) is 1. The molecule has 1 aromatic rings. The van der Waals surface area contributed by atoms with Crippen LogP contribution in [0, 0.1) is 5.82 Å². The van der Waals surface area contributed by atoms with Crippen molar-refractivity contribution in [3.63, 3.8) is 0 Å². The van der Waals surface area contributed by atoms with Crippen molar-refractivity contribution >= 4 is 11.9 Å². The Morgan fingerprint density at radius 3 is 2.68 bits per heavy atom. The van der Waals surface area contributed by atoms with Crippen LogP contribution in [0.5, 0.6) is 0 Å². The number of hydrogen-bond acceptors (Lipinski definition) is 4. The first-order valence-electron chi connectivity index (χ1n) is 9.89. The van der Waals surface area contributed by atoms with E-state index in [-0.39, 0.29) is 23.5 Å². The lowest BCUT2D eigenvalue weighted by atomic mass is 10.2. The minimum Gasteiger partial charge on any atom is -0.383 e. The van der Waals surface area contributed by atoms with Gasteiger partial charge in [-0.3, -0.25) is 9.69 Å². The molecule has 0 radical (unpaired) electrons. The van der Waals surface area contributed by atoms with Gasteiger partial charge in [0.1, 0.15) is 5.82 Å². The molecule has 28 heavy (non-hydrogen) atoms. The van der Waals surface area contributed by atoms with Crippen LogP contribution in [0.15, 0.2) is 24.3 Å². The topological polar surface area (TPSA) is 65.1 Å². The Balaban J connectivity index is 1.49. The molecule has 154 valence electrons. The highest BCUT2D eigenvalue weighted by Crippen LogP contribution is 2.14. The molecule has 3 amide bonds. The third-order valence-corrected chi connectivity index (χ3v) is 5.39. The Kier molecular flexibility index (Phi) is 7.22. The van der Waals surface area contributed by atoms with Gasteiger partial charge in [-0.15, -0.1) is 0 Å². The fourth-order valence-corrected chi connectivity index (χ4v) is 3.77. The van der Waals surface area contributed by atoms with Crippen molar-refractivity contribution in [3.05, 3.63) is 35.6 Å². The van der Waals surface area contributed by atoms with Gasteiger partial charge in [0.05, 0.1) is 12.2 Å². The van der Waals surface area contributed by atoms with Gasteiger partial charge in [0.15, 0.2) is 0 Å². The largest absolute Gasteiger partial charge is 0.383 e. The molecule has 0 aromatic heterocycles. The smallest absolute Gasteiger partial charge is 0.317 e. The van der Waals surface area contributed by atoms with Crippen molar-refractivity contribution in [1.82, 2.24) is 20.0 Å². The van der Waals surface area contributed by atoms with E-state index >= 15 is 0 Å². The number of nitrogens with one attached hydrogen (secondary N) is 1. The van der Waals surface area contributed by atoms with Gasteiger partial charge in [0.2, 0.25) is 0 Å². The number of carbonyl (C=O) groups excluding carboxylic acids is 2. The minimum absolute atomic E-state index is 0.0845. The van der Waals surface area contributed by atoms with Gasteiger partial charge < -0.3 is 19.9 Å². The van der Waals surface area contributed by atoms with Crippen LogP contribution in [-0.4, -0.2) is 92.2 Å². The molecule has 2 saturated heterocycles. The van der Waals surface area contributed by atoms with Gasteiger partial charge in [-0.05, 0) is 25.0 Å². The van der Waals surface area contributed by atoms with Gasteiger partial charge in [-0.2, -0.15) is 0 Å². The van der Waals surface area contributed by atoms with E-state index < -0.39 is 5.82 Å². The van der Waals surface area contributed by atoms with Gasteiger partial charge >= 0.3 is 6.03 Å². The number of benzene rings is 1. The van der Waals surface area contributed by atoms with Gasteiger partial charge in [-0.25, -0.2) is 9.18 Å². The van der Waals surface area contributed by atoms with E-state index in [9.17, 15) is 14.0 Å². The van der Waals surface area contributed by atoms with E-state index in [0.717, 1.165) is 26.1 Å². The molecular formula is C20H29FN4O3. The molecule has 0 spiro atoms. The predicted octanol–water partition coefficient (Wildman–Crippen LogP) is 1.40. The lowest BCUT2D eigenvalue weighted by Crippen LogP contribution is -2.47. The molecule has 2 aliphatic heterocycles. The van der Waals surface area contributed by atoms with Crippen molar-refractivity contribution in [2.45, 2.75) is 18.9 Å². The number of rotatable bonds is 5. The zero-order valence-electron chi connectivity index (χ0n) is 16.4. The second-order valence-corrected chi connectivity index (χ2v) is 7.34. The van der Waals surface area contributed by atoms with E-state index in [1.807, 2.05) is 0 Å². The minimum atomic E-state index is -0.509. The van der Waals surface area contributed by atoms with Crippen LogP contribution in [-0.2, 0) is 4.74 Å². The van der Waals surface area contributed by atoms with Crippen LogP contribution in [0.25, 0.3) is 0 Å². The number of likely N-dealkylation sites (tertiary alicyclic amines) is 1. The average Bonchev–Trinajstić information content (AvgIpc) is 2.98. The molecule has 1 atom stereocenters. The summed E-state index contributed by atoms with van der Waals surface area (Å²) < 4.78 is 19.0. The number of amides is 3. The Morgan fingerprint density at radius 1 is 1.14 bits per heavy atom. The third-order valence-electron chi connectivity index (χ3n) is 5.39. The highest BCUT2D eigenvalue weighted by molar-refractivity contribution is 5.94. The van der Waals surface area contributed by atoms with Crippen molar-refractivity contribution in [2.24, 2.45) is 0 Å². The predicted molar refractivity (Wildman–Crippen MR) is 104 cm³/mol. The Bertz CT molecular complexity index is 687. The molecule has 1 aromatic carbocycles. The molecule has 7 nitrogen and oxygen atoms in total. The van der Waals surface area contributed by atoms with Crippen molar-refractivity contribution in [2.75, 3.05) is 59.5 Å². The Morgan fingerprint density at radius 2 is 1.89 bits per heavy atom. The summed E-state index contributed by atoms with van der Waals surface area (Å²) in [5.74, 6) is -0.824. The first kappa shape index (κ1) is 20.5. The molecule has 2 aliphatic rings. The van der Waals surface area contributed by atoms with Crippen LogP contribution in [0.1, 0.15) is 23.2 Å². The maximum Gasteiger partial charge on any atom is 0.317 e. The van der Waals surface area contributed by atoms with Crippen LogP contribution in [0.3, 0.4) is 0 Å². The zero-order valence-corrected chi connectivity index (χ0v) is 16.4. The number of ether oxygens (including phenoxy) is 1. The first-order valence-corrected chi connectivity index (χ1v) is 9.89. The maximum atomic E-state index is 13.9. The highest BCUT2D eigenvalue weighted by Gasteiger charge is 2.28. The molecule has 1 N–H and O–H groups in total. The maximum absolute atomic E-state index is 13.9. The summed E-state index contributed by atoms with van der Waals surface area (Å²) >= 11 is 0. The summed E-state index contributed by atoms with van der Waals surface area (Å²) in [6, 6.07) is 6.08. The average molecular weight is 392 g/mol. The van der Waals surface area contributed by atoms with E-state index in [1.54, 1.807) is 29.0 Å². The van der Waals surface area contributed by atoms with Crippen LogP contribution >= 0.6 is 0 Å². The molecule has 0 saturated carbocycles. The monoisotopic (exact) mass is 392 g/mol. The number of halogens is 1. The van der Waals surface area contributed by atoms with Gasteiger partial charge in [0.25, 0.3) is 5.91 Å². The van der Waals surface area contributed by atoms with Crippen LogP contribution < -0.4 is 5.32 Å². The third kappa shape index (κ3) is 5.20. The summed E-state index contributed by atoms with van der Waals surface area (Å²) in [5.41, 5.74) is 0.0857. The summed E-state index contributed by atoms with van der Waals surface area (Å²) in [5, 5.41) is 3.11. The number of urea groups is 1. The molecule has 2 heterocycles. The molecule has 8 heteroatoms. The fraction of sp³-hybridized carbons (Fsp3) is 0.600. The first-order chi connectivity index (χ1) is 13.6. The SMILES string of the molecule is COCCN1CCC(NC(=O)N2CCCN(C(=O)c3ccccc3F)CC2)C1. The molecule has 0 bridgehead atoms. The summed E-state index contributed by atoms with van der Waals surface area (Å²) in [6.07, 6.45) is 1.61. The van der Waals surface area contributed by atoms with Gasteiger partial charge in [-0.1, -0.05) is 12.1 Å². The normalized spacial score (nSPS) is 20.9. The van der Waals surface area contributed by atoms with Crippen LogP contribution in [0.2, 0.25) is 0 Å². The fourth-order valence-electron chi connectivity index (χ4n) is 3.77. The lowest BCUT2D eigenvalue weighted by molar-refractivity contribution is 0.0757. The lowest BCUT2D eigenvalue weighted by Gasteiger charge is -2.24. The summed E-state index contributed by atoms with van der Waals surface area (Å²) in [6.45, 7) is 5.33. The van der Waals surface area contributed by atoms with Crippen LogP contribution in [0.4, 0.5) is 9.18 Å². The molecule has 1 unspecified atom stereocenters. The van der Waals surface area contributed by atoms with Gasteiger partial charge in [0, 0.05) is 59.0 Å². The second kappa shape index (κ2) is 9.84. The highest BCUT2D eigenvalue weighted by atomic mass is 19.1. The number of carbonyl (C=O) groups is 2. The number of nitrogens with zero attached hydrogens (tertiary/aromatic N) is 3.